The number of carbonyl (C=O) groups is 2. The summed E-state index contributed by atoms with van der Waals surface area (Å²) in [6.45, 7) is 2.47. The van der Waals surface area contributed by atoms with E-state index in [-0.39, 0.29) is 23.8 Å². The first-order chi connectivity index (χ1) is 10.1. The van der Waals surface area contributed by atoms with Crippen LogP contribution in [0.5, 0.6) is 0 Å². The van der Waals surface area contributed by atoms with Gasteiger partial charge in [-0.25, -0.2) is 0 Å². The zero-order chi connectivity index (χ0) is 14.8. The Morgan fingerprint density at radius 3 is 2.76 bits per heavy atom. The Morgan fingerprint density at radius 2 is 2.05 bits per heavy atom. The van der Waals surface area contributed by atoms with Gasteiger partial charge in [0.05, 0.1) is 12.0 Å². The van der Waals surface area contributed by atoms with E-state index < -0.39 is 0 Å². The molecule has 2 aliphatic rings. The molecule has 112 valence electrons. The van der Waals surface area contributed by atoms with Gasteiger partial charge < -0.3 is 10.6 Å². The van der Waals surface area contributed by atoms with E-state index in [1.165, 1.54) is 30.4 Å². The maximum absolute atomic E-state index is 12.2. The third-order valence-corrected chi connectivity index (χ3v) is 4.58. The third-order valence-electron chi connectivity index (χ3n) is 4.58. The zero-order valence-electron chi connectivity index (χ0n) is 12.4. The molecule has 1 aromatic carbocycles. The van der Waals surface area contributed by atoms with Crippen LogP contribution >= 0.6 is 0 Å². The van der Waals surface area contributed by atoms with Crippen LogP contribution in [-0.2, 0) is 22.4 Å². The lowest BCUT2D eigenvalue weighted by atomic mass is 9.89. The maximum Gasteiger partial charge on any atom is 0.225 e. The van der Waals surface area contributed by atoms with Crippen molar-refractivity contribution in [2.24, 2.45) is 5.92 Å². The lowest BCUT2D eigenvalue weighted by Crippen LogP contribution is -2.33. The molecule has 0 spiro atoms. The number of carbonyl (C=O) groups excluding carboxylic acids is 2. The van der Waals surface area contributed by atoms with E-state index in [4.69, 9.17) is 0 Å². The first-order valence-corrected chi connectivity index (χ1v) is 7.82. The molecule has 21 heavy (non-hydrogen) atoms. The molecule has 1 aliphatic carbocycles. The van der Waals surface area contributed by atoms with E-state index in [0.29, 0.717) is 13.0 Å². The normalized spacial score (nSPS) is 22.3. The highest BCUT2D eigenvalue weighted by Crippen LogP contribution is 2.25. The van der Waals surface area contributed by atoms with Gasteiger partial charge in [0, 0.05) is 13.0 Å². The van der Waals surface area contributed by atoms with Crippen LogP contribution < -0.4 is 10.6 Å². The van der Waals surface area contributed by atoms with Crippen LogP contribution in [-0.4, -0.2) is 18.4 Å². The van der Waals surface area contributed by atoms with Crippen LogP contribution in [0.25, 0.3) is 0 Å². The topological polar surface area (TPSA) is 58.2 Å². The second kappa shape index (κ2) is 5.88. The Morgan fingerprint density at radius 1 is 1.29 bits per heavy atom. The number of hydrogen-bond donors (Lipinski definition) is 2. The number of fused-ring (bicyclic) bond motifs is 1. The summed E-state index contributed by atoms with van der Waals surface area (Å²) in [7, 11) is 0. The molecule has 1 fully saturated rings. The molecule has 1 saturated heterocycles. The molecule has 0 aromatic heterocycles. The fraction of sp³-hybridized carbons (Fsp3) is 0.529. The largest absolute Gasteiger partial charge is 0.355 e. The van der Waals surface area contributed by atoms with Crippen molar-refractivity contribution in [1.82, 2.24) is 10.6 Å². The number of rotatable bonds is 3. The molecule has 0 radical (unpaired) electrons. The van der Waals surface area contributed by atoms with Crippen LogP contribution in [0.1, 0.15) is 48.9 Å². The molecular weight excluding hydrogens is 264 g/mol. The van der Waals surface area contributed by atoms with Crippen molar-refractivity contribution in [3.63, 3.8) is 0 Å². The van der Waals surface area contributed by atoms with Crippen LogP contribution in [0.4, 0.5) is 0 Å². The van der Waals surface area contributed by atoms with Crippen LogP contribution in [0.2, 0.25) is 0 Å². The van der Waals surface area contributed by atoms with Gasteiger partial charge in [0.1, 0.15) is 0 Å². The Kier molecular flexibility index (Phi) is 3.95. The number of nitrogens with one attached hydrogen (secondary N) is 2. The van der Waals surface area contributed by atoms with Gasteiger partial charge >= 0.3 is 0 Å². The van der Waals surface area contributed by atoms with Gasteiger partial charge in [-0.2, -0.15) is 0 Å². The highest BCUT2D eigenvalue weighted by atomic mass is 16.2. The smallest absolute Gasteiger partial charge is 0.225 e. The van der Waals surface area contributed by atoms with Gasteiger partial charge in [-0.05, 0) is 49.3 Å². The molecule has 0 bridgehead atoms. The van der Waals surface area contributed by atoms with Crippen molar-refractivity contribution in [3.05, 3.63) is 34.9 Å². The van der Waals surface area contributed by atoms with E-state index in [9.17, 15) is 9.59 Å². The van der Waals surface area contributed by atoms with Crippen molar-refractivity contribution in [2.45, 2.75) is 45.1 Å². The van der Waals surface area contributed by atoms with E-state index >= 15 is 0 Å². The summed E-state index contributed by atoms with van der Waals surface area (Å²) in [5.41, 5.74) is 4.04. The van der Waals surface area contributed by atoms with Gasteiger partial charge in [0.25, 0.3) is 0 Å². The van der Waals surface area contributed by atoms with Gasteiger partial charge in [-0.1, -0.05) is 18.2 Å². The Hall–Kier alpha value is -1.84. The second-order valence-electron chi connectivity index (χ2n) is 6.17. The highest BCUT2D eigenvalue weighted by Gasteiger charge is 2.28. The molecule has 4 heteroatoms. The molecular formula is C17H22N2O2. The van der Waals surface area contributed by atoms with E-state index in [1.807, 2.05) is 6.92 Å². The maximum atomic E-state index is 12.2. The van der Waals surface area contributed by atoms with Gasteiger partial charge in [0.15, 0.2) is 0 Å². The summed E-state index contributed by atoms with van der Waals surface area (Å²) < 4.78 is 0. The van der Waals surface area contributed by atoms with Crippen LogP contribution in [0, 0.1) is 5.92 Å². The molecule has 2 amide bonds. The number of amides is 2. The van der Waals surface area contributed by atoms with Gasteiger partial charge in [-0.15, -0.1) is 0 Å². The lowest BCUT2D eigenvalue weighted by Gasteiger charge is -2.21. The van der Waals surface area contributed by atoms with Crippen LogP contribution in [0.3, 0.4) is 0 Å². The standard InChI is InChI=1S/C17H22N2O2/c1-11(19-17(21)15-9-16(20)18-10-15)13-7-6-12-4-2-3-5-14(12)8-13/h6-8,11,15H,2-5,9-10H2,1H3,(H,18,20)(H,19,21). The Balaban J connectivity index is 1.66. The molecule has 2 N–H and O–H groups in total. The van der Waals surface area contributed by atoms with E-state index in [0.717, 1.165) is 12.0 Å². The minimum atomic E-state index is -0.224. The molecule has 0 saturated carbocycles. The lowest BCUT2D eigenvalue weighted by molar-refractivity contribution is -0.127. The molecule has 4 nitrogen and oxygen atoms in total. The zero-order valence-corrected chi connectivity index (χ0v) is 12.4. The van der Waals surface area contributed by atoms with Gasteiger partial charge in [-0.3, -0.25) is 9.59 Å². The predicted molar refractivity (Wildman–Crippen MR) is 80.8 cm³/mol. The van der Waals surface area contributed by atoms with E-state index in [1.54, 1.807) is 0 Å². The number of hydrogen-bond acceptors (Lipinski definition) is 2. The number of aryl methyl sites for hydroxylation is 2. The van der Waals surface area contributed by atoms with Crippen molar-refractivity contribution in [1.29, 1.82) is 0 Å². The molecule has 2 atom stereocenters. The molecule has 3 rings (SSSR count). The molecule has 1 aliphatic heterocycles. The molecule has 2 unspecified atom stereocenters. The average molecular weight is 286 g/mol. The van der Waals surface area contributed by atoms with E-state index in [2.05, 4.69) is 28.8 Å². The average Bonchev–Trinajstić information content (AvgIpc) is 2.93. The Bertz CT molecular complexity index is 568. The predicted octanol–water partition coefficient (Wildman–Crippen LogP) is 1.88. The summed E-state index contributed by atoms with van der Waals surface area (Å²) in [5.74, 6) is -0.285. The second-order valence-corrected chi connectivity index (χ2v) is 6.17. The van der Waals surface area contributed by atoms with Crippen molar-refractivity contribution in [2.75, 3.05) is 6.54 Å². The quantitative estimate of drug-likeness (QED) is 0.891. The summed E-state index contributed by atoms with van der Waals surface area (Å²) >= 11 is 0. The fourth-order valence-corrected chi connectivity index (χ4v) is 3.23. The summed E-state index contributed by atoms with van der Waals surface area (Å²) in [6.07, 6.45) is 5.16. The first-order valence-electron chi connectivity index (χ1n) is 7.82. The highest BCUT2D eigenvalue weighted by molar-refractivity contribution is 5.89. The third kappa shape index (κ3) is 3.09. The minimum absolute atomic E-state index is 0.0135. The molecule has 1 heterocycles. The van der Waals surface area contributed by atoms with Crippen molar-refractivity contribution in [3.8, 4) is 0 Å². The number of benzene rings is 1. The first kappa shape index (κ1) is 14.1. The Labute approximate surface area is 125 Å². The molecule has 1 aromatic rings. The van der Waals surface area contributed by atoms with Crippen molar-refractivity contribution < 1.29 is 9.59 Å². The van der Waals surface area contributed by atoms with Crippen LogP contribution in [0.15, 0.2) is 18.2 Å². The monoisotopic (exact) mass is 286 g/mol. The van der Waals surface area contributed by atoms with Crippen molar-refractivity contribution >= 4 is 11.8 Å². The fourth-order valence-electron chi connectivity index (χ4n) is 3.23. The summed E-state index contributed by atoms with van der Waals surface area (Å²) in [4.78, 5) is 23.3. The summed E-state index contributed by atoms with van der Waals surface area (Å²) in [5, 5.41) is 5.74. The SMILES string of the molecule is CC(NC(=O)C1CNC(=O)C1)c1ccc2c(c1)CCCC2. The minimum Gasteiger partial charge on any atom is -0.355 e. The summed E-state index contributed by atoms with van der Waals surface area (Å²) in [6, 6.07) is 6.54. The van der Waals surface area contributed by atoms with Gasteiger partial charge in [0.2, 0.25) is 11.8 Å².